The molecule has 0 aliphatic rings. The van der Waals surface area contributed by atoms with Crippen molar-refractivity contribution in [3.05, 3.63) is 58.2 Å². The van der Waals surface area contributed by atoms with E-state index in [-0.39, 0.29) is 0 Å². The van der Waals surface area contributed by atoms with Crippen molar-refractivity contribution in [1.29, 1.82) is 0 Å². The second kappa shape index (κ2) is 6.17. The van der Waals surface area contributed by atoms with E-state index in [4.69, 9.17) is 0 Å². The quantitative estimate of drug-likeness (QED) is 0.311. The number of halogens is 10. The van der Waals surface area contributed by atoms with Crippen LogP contribution in [0.4, 0.5) is 43.9 Å². The Morgan fingerprint density at radius 3 is 0.750 bits per heavy atom. The van der Waals surface area contributed by atoms with Crippen molar-refractivity contribution in [2.75, 3.05) is 0 Å². The molecule has 0 fully saturated rings. The van der Waals surface area contributed by atoms with E-state index < -0.39 is 80.9 Å². The molecule has 2 aromatic rings. The van der Waals surface area contributed by atoms with Crippen molar-refractivity contribution in [3.8, 4) is 0 Å². The fourth-order valence-electron chi connectivity index (χ4n) is 1.60. The van der Waals surface area contributed by atoms with Crippen LogP contribution in [0.2, 0.25) is 0 Å². The second-order valence-corrected chi connectivity index (χ2v) is 6.91. The van der Waals surface area contributed by atoms with Crippen LogP contribution >= 0.6 is 0 Å². The van der Waals surface area contributed by atoms with Gasteiger partial charge in [-0.3, -0.25) is 0 Å². The van der Waals surface area contributed by atoms with Crippen molar-refractivity contribution in [1.82, 2.24) is 0 Å². The van der Waals surface area contributed by atoms with Crippen LogP contribution in [0.15, 0.2) is 0 Å². The molecule has 0 aromatic heterocycles. The van der Waals surface area contributed by atoms with E-state index in [2.05, 4.69) is 0 Å². The Balaban J connectivity index is 2.87. The van der Waals surface area contributed by atoms with Gasteiger partial charge in [-0.2, -0.15) is 0 Å². The minimum absolute atomic E-state index is 2.16. The summed E-state index contributed by atoms with van der Waals surface area (Å²) >= 11 is -5.11. The van der Waals surface area contributed by atoms with Gasteiger partial charge in [0.25, 0.3) is 0 Å². The van der Waals surface area contributed by atoms with Crippen LogP contribution in [0.5, 0.6) is 0 Å². The Kier molecular flexibility index (Phi) is 4.73. The summed E-state index contributed by atoms with van der Waals surface area (Å²) in [5.41, 5.74) is 0. The molecule has 0 aliphatic carbocycles. The Morgan fingerprint density at radius 2 is 0.542 bits per heavy atom. The molecule has 0 N–H and O–H groups in total. The average molecular weight is 429 g/mol. The summed E-state index contributed by atoms with van der Waals surface area (Å²) in [5, 5.41) is 0. The first kappa shape index (κ1) is 18.4. The van der Waals surface area contributed by atoms with Crippen molar-refractivity contribution in [3.63, 3.8) is 0 Å². The first-order valence-corrected chi connectivity index (χ1v) is 7.88. The molecule has 0 atom stereocenters. The molecule has 24 heavy (non-hydrogen) atoms. The molecule has 0 heterocycles. The van der Waals surface area contributed by atoms with Crippen LogP contribution in [-0.4, -0.2) is 13.8 Å². The molecule has 2 aromatic carbocycles. The van der Waals surface area contributed by atoms with E-state index in [1.807, 2.05) is 0 Å². The summed E-state index contributed by atoms with van der Waals surface area (Å²) in [7, 11) is 0. The number of hydrogen-bond donors (Lipinski definition) is 0. The predicted octanol–water partition coefficient (Wildman–Crippen LogP) is 2.61. The average Bonchev–Trinajstić information content (AvgIpc) is 2.55. The zero-order chi connectivity index (χ0) is 18.5. The summed E-state index contributed by atoms with van der Waals surface area (Å²) in [6, 6.07) is 0. The van der Waals surface area contributed by atoms with Gasteiger partial charge < -0.3 is 0 Å². The van der Waals surface area contributed by atoms with Crippen LogP contribution in [-0.2, 0) is 3.83 Å². The number of benzene rings is 2. The van der Waals surface area contributed by atoms with Crippen molar-refractivity contribution in [2.45, 2.75) is 0 Å². The van der Waals surface area contributed by atoms with Gasteiger partial charge in [0.05, 0.1) is 0 Å². The molecule has 0 radical (unpaired) electrons. The van der Waals surface area contributed by atoms with E-state index in [9.17, 15) is 47.7 Å². The van der Waals surface area contributed by atoms with Gasteiger partial charge in [0.15, 0.2) is 0 Å². The fourth-order valence-corrected chi connectivity index (χ4v) is 4.14. The fraction of sp³-hybridized carbons (Fsp3) is 0. The maximum absolute atomic E-state index is 13.5. The zero-order valence-electron chi connectivity index (χ0n) is 10.6. The summed E-state index contributed by atoms with van der Waals surface area (Å²) in [6.45, 7) is 0. The van der Waals surface area contributed by atoms with Gasteiger partial charge >= 0.3 is 129 Å². The van der Waals surface area contributed by atoms with E-state index in [1.54, 1.807) is 0 Å². The van der Waals surface area contributed by atoms with Gasteiger partial charge in [-0.25, -0.2) is 0 Å². The summed E-state index contributed by atoms with van der Waals surface area (Å²) in [5.74, 6) is -26.4. The van der Waals surface area contributed by atoms with Crippen molar-refractivity contribution in [2.24, 2.45) is 0 Å². The molecule has 0 unspecified atom stereocenters. The minimum atomic E-state index is -5.11. The molecule has 0 saturated carbocycles. The Hall–Kier alpha value is -1.94. The third-order valence-corrected chi connectivity index (χ3v) is 5.77. The molecule has 1 nitrogen and oxygen atoms in total. The van der Waals surface area contributed by atoms with E-state index in [0.717, 1.165) is 0 Å². The molecule has 0 amide bonds. The maximum atomic E-state index is 13.5. The molecule has 0 bridgehead atoms. The first-order chi connectivity index (χ1) is 11.0. The first-order valence-electron chi connectivity index (χ1n) is 5.46. The van der Waals surface area contributed by atoms with Crippen LogP contribution in [0.1, 0.15) is 0 Å². The predicted molar refractivity (Wildman–Crippen MR) is 58.2 cm³/mol. The van der Waals surface area contributed by atoms with Gasteiger partial charge in [0, 0.05) is 0 Å². The van der Waals surface area contributed by atoms with E-state index in [1.165, 1.54) is 0 Å². The number of hydrogen-bond acceptors (Lipinski definition) is 1. The van der Waals surface area contributed by atoms with Gasteiger partial charge in [-0.1, -0.05) is 0 Å². The van der Waals surface area contributed by atoms with Crippen LogP contribution < -0.4 is 8.92 Å². The van der Waals surface area contributed by atoms with E-state index >= 15 is 0 Å². The van der Waals surface area contributed by atoms with Crippen LogP contribution in [0.25, 0.3) is 0 Å². The standard InChI is InChI=1S/C12F10OSe/c13-1-3(15)7(19)11(8(20)4(1)16)24(23)12-9(21)5(17)2(14)6(18)10(12)22. The van der Waals surface area contributed by atoms with Gasteiger partial charge in [0.1, 0.15) is 0 Å². The third-order valence-electron chi connectivity index (χ3n) is 2.71. The molecule has 12 heteroatoms. The Morgan fingerprint density at radius 1 is 0.375 bits per heavy atom. The summed E-state index contributed by atoms with van der Waals surface area (Å²) < 4.78 is 139. The van der Waals surface area contributed by atoms with Crippen molar-refractivity contribution < 1.29 is 47.7 Å². The van der Waals surface area contributed by atoms with Crippen LogP contribution in [0, 0.1) is 58.2 Å². The Labute approximate surface area is 129 Å². The monoisotopic (exact) mass is 430 g/mol. The van der Waals surface area contributed by atoms with Crippen molar-refractivity contribution >= 4 is 22.8 Å². The second-order valence-electron chi connectivity index (χ2n) is 4.07. The summed E-state index contributed by atoms with van der Waals surface area (Å²) in [6.07, 6.45) is 0. The van der Waals surface area contributed by atoms with Gasteiger partial charge in [-0.15, -0.1) is 0 Å². The molecular formula is C12F10OSe. The molecular weight excluding hydrogens is 429 g/mol. The normalized spacial score (nSPS) is 11.5. The summed E-state index contributed by atoms with van der Waals surface area (Å²) in [4.78, 5) is 0. The van der Waals surface area contributed by atoms with Gasteiger partial charge in [0.2, 0.25) is 0 Å². The SMILES string of the molecule is O=[Se](c1c(F)c(F)c(F)c(F)c1F)c1c(F)c(F)c(F)c(F)c1F. The molecule has 0 spiro atoms. The molecule has 130 valence electrons. The number of rotatable bonds is 2. The molecule has 0 aliphatic heterocycles. The third kappa shape index (κ3) is 2.49. The van der Waals surface area contributed by atoms with Crippen LogP contribution in [0.3, 0.4) is 0 Å². The zero-order valence-corrected chi connectivity index (χ0v) is 12.3. The topological polar surface area (TPSA) is 17.1 Å². The molecule has 0 saturated heterocycles. The molecule has 2 rings (SSSR count). The van der Waals surface area contributed by atoms with E-state index in [0.29, 0.717) is 0 Å². The van der Waals surface area contributed by atoms with Gasteiger partial charge in [-0.05, 0) is 0 Å². The Bertz CT molecular complexity index is 765.